The lowest BCUT2D eigenvalue weighted by molar-refractivity contribution is -0.148. The Bertz CT molecular complexity index is 1050. The maximum Gasteiger partial charge on any atom is 0.407 e. The largest absolute Gasteiger partial charge is 0.481 e. The Labute approximate surface area is 206 Å². The molecule has 2 aromatic carbocycles. The highest BCUT2D eigenvalue weighted by molar-refractivity contribution is 5.80. The van der Waals surface area contributed by atoms with Crippen molar-refractivity contribution in [2.75, 3.05) is 19.7 Å². The van der Waals surface area contributed by atoms with Gasteiger partial charge >= 0.3 is 12.1 Å². The van der Waals surface area contributed by atoms with E-state index < -0.39 is 24.0 Å². The van der Waals surface area contributed by atoms with Crippen LogP contribution < -0.4 is 5.32 Å². The minimum absolute atomic E-state index is 0.0124. The number of nitrogens with zero attached hydrogens (tertiary/aromatic N) is 1. The normalized spacial score (nSPS) is 20.2. The third-order valence-electron chi connectivity index (χ3n) is 7.47. The third kappa shape index (κ3) is 5.34. The number of hydrogen-bond donors (Lipinski definition) is 2. The first-order valence-corrected chi connectivity index (χ1v) is 12.4. The Morgan fingerprint density at radius 2 is 1.66 bits per heavy atom. The number of aliphatic carboxylic acids is 1. The molecule has 1 aliphatic carbocycles. The summed E-state index contributed by atoms with van der Waals surface area (Å²) in [5, 5.41) is 12.3. The van der Waals surface area contributed by atoms with Gasteiger partial charge in [0.05, 0.1) is 5.92 Å². The van der Waals surface area contributed by atoms with Gasteiger partial charge in [0.25, 0.3) is 0 Å². The van der Waals surface area contributed by atoms with Crippen LogP contribution in [-0.4, -0.2) is 53.7 Å². The van der Waals surface area contributed by atoms with Crippen molar-refractivity contribution in [3.63, 3.8) is 0 Å². The van der Waals surface area contributed by atoms with E-state index in [1.165, 1.54) is 11.1 Å². The molecule has 35 heavy (non-hydrogen) atoms. The van der Waals surface area contributed by atoms with Crippen LogP contribution in [0.3, 0.4) is 0 Å². The molecule has 4 rings (SSSR count). The first-order chi connectivity index (χ1) is 16.8. The molecule has 1 heterocycles. The smallest absolute Gasteiger partial charge is 0.407 e. The number of hydrogen-bond acceptors (Lipinski definition) is 4. The minimum Gasteiger partial charge on any atom is -0.481 e. The van der Waals surface area contributed by atoms with Crippen molar-refractivity contribution in [1.29, 1.82) is 0 Å². The van der Waals surface area contributed by atoms with E-state index in [-0.39, 0.29) is 43.2 Å². The van der Waals surface area contributed by atoms with Crippen LogP contribution in [0.25, 0.3) is 11.1 Å². The molecule has 0 bridgehead atoms. The summed E-state index contributed by atoms with van der Waals surface area (Å²) >= 11 is 0. The summed E-state index contributed by atoms with van der Waals surface area (Å²) in [5.41, 5.74) is 4.62. The van der Waals surface area contributed by atoms with E-state index in [1.54, 1.807) is 4.90 Å². The number of nitrogens with one attached hydrogen (secondary N) is 1. The van der Waals surface area contributed by atoms with E-state index in [0.717, 1.165) is 11.1 Å². The van der Waals surface area contributed by atoms with Gasteiger partial charge in [-0.1, -0.05) is 69.3 Å². The molecular weight excluding hydrogens is 444 g/mol. The van der Waals surface area contributed by atoms with Crippen LogP contribution in [0.1, 0.15) is 50.7 Å². The van der Waals surface area contributed by atoms with E-state index in [9.17, 15) is 19.5 Å². The SMILES string of the molecule is CC(C)C(CC(=O)N1CCC(C)C(C(=O)O)C1)NC(=O)OCC1c2ccccc2-c2ccccc21. The Morgan fingerprint density at radius 3 is 2.23 bits per heavy atom. The lowest BCUT2D eigenvalue weighted by Gasteiger charge is -2.36. The van der Waals surface area contributed by atoms with Crippen molar-refractivity contribution in [3.05, 3.63) is 59.7 Å². The standard InChI is InChI=1S/C28H34N2O5/c1-17(2)25(14-26(31)30-13-12-18(3)23(15-30)27(32)33)29-28(34)35-16-24-21-10-6-4-8-19(21)20-9-5-7-11-22(20)24/h4-11,17-18,23-25H,12-16H2,1-3H3,(H,29,34)(H,32,33). The predicted octanol–water partition coefficient (Wildman–Crippen LogP) is 4.51. The van der Waals surface area contributed by atoms with E-state index in [4.69, 9.17) is 4.74 Å². The maximum absolute atomic E-state index is 13.0. The highest BCUT2D eigenvalue weighted by Gasteiger charge is 2.35. The van der Waals surface area contributed by atoms with Gasteiger partial charge in [0.1, 0.15) is 6.61 Å². The zero-order valence-corrected chi connectivity index (χ0v) is 20.6. The molecule has 1 aliphatic heterocycles. The van der Waals surface area contributed by atoms with E-state index in [1.807, 2.05) is 45.0 Å². The number of carbonyl (C=O) groups is 3. The number of rotatable bonds is 7. The molecule has 0 spiro atoms. The van der Waals surface area contributed by atoms with E-state index in [0.29, 0.717) is 13.0 Å². The first-order valence-electron chi connectivity index (χ1n) is 12.4. The number of piperidine rings is 1. The van der Waals surface area contributed by atoms with E-state index >= 15 is 0 Å². The summed E-state index contributed by atoms with van der Waals surface area (Å²) in [4.78, 5) is 38.8. The molecule has 0 aromatic heterocycles. The van der Waals surface area contributed by atoms with Crippen LogP contribution in [-0.2, 0) is 14.3 Å². The summed E-state index contributed by atoms with van der Waals surface area (Å²) in [6.45, 7) is 6.77. The van der Waals surface area contributed by atoms with Gasteiger partial charge in [0.15, 0.2) is 0 Å². The molecule has 2 aromatic rings. The molecule has 1 saturated heterocycles. The van der Waals surface area contributed by atoms with Gasteiger partial charge in [-0.15, -0.1) is 0 Å². The Balaban J connectivity index is 1.36. The molecule has 2 aliphatic rings. The van der Waals surface area contributed by atoms with Crippen molar-refractivity contribution < 1.29 is 24.2 Å². The molecule has 0 saturated carbocycles. The number of likely N-dealkylation sites (tertiary alicyclic amines) is 1. The van der Waals surface area contributed by atoms with Crippen molar-refractivity contribution in [2.45, 2.75) is 45.6 Å². The van der Waals surface area contributed by atoms with Crippen molar-refractivity contribution >= 4 is 18.0 Å². The maximum atomic E-state index is 13.0. The summed E-state index contributed by atoms with van der Waals surface area (Å²) in [6, 6.07) is 15.9. The molecule has 1 fully saturated rings. The number of benzene rings is 2. The Morgan fingerprint density at radius 1 is 1.06 bits per heavy atom. The van der Waals surface area contributed by atoms with Gasteiger partial charge in [0, 0.05) is 31.5 Å². The fourth-order valence-electron chi connectivity index (χ4n) is 5.18. The summed E-state index contributed by atoms with van der Waals surface area (Å²) < 4.78 is 5.66. The van der Waals surface area contributed by atoms with Crippen molar-refractivity contribution in [3.8, 4) is 11.1 Å². The van der Waals surface area contributed by atoms with E-state index in [2.05, 4.69) is 29.6 Å². The average Bonchev–Trinajstić information content (AvgIpc) is 3.16. The third-order valence-corrected chi connectivity index (χ3v) is 7.47. The zero-order chi connectivity index (χ0) is 25.1. The molecule has 7 heteroatoms. The summed E-state index contributed by atoms with van der Waals surface area (Å²) in [5.74, 6) is -1.54. The van der Waals surface area contributed by atoms with Gasteiger partial charge < -0.3 is 20.1 Å². The number of carbonyl (C=O) groups excluding carboxylic acids is 2. The zero-order valence-electron chi connectivity index (χ0n) is 20.6. The first kappa shape index (κ1) is 24.8. The summed E-state index contributed by atoms with van der Waals surface area (Å²) in [6.07, 6.45) is 0.228. The van der Waals surface area contributed by atoms with Crippen LogP contribution in [0, 0.1) is 17.8 Å². The number of carboxylic acids is 1. The van der Waals surface area contributed by atoms with Gasteiger partial charge in [0.2, 0.25) is 5.91 Å². The molecule has 2 amide bonds. The monoisotopic (exact) mass is 478 g/mol. The second-order valence-electron chi connectivity index (χ2n) is 10.1. The highest BCUT2D eigenvalue weighted by atomic mass is 16.5. The fraction of sp³-hybridized carbons (Fsp3) is 0.464. The molecule has 7 nitrogen and oxygen atoms in total. The fourth-order valence-corrected chi connectivity index (χ4v) is 5.18. The second-order valence-corrected chi connectivity index (χ2v) is 10.1. The highest BCUT2D eigenvalue weighted by Crippen LogP contribution is 2.44. The summed E-state index contributed by atoms with van der Waals surface area (Å²) in [7, 11) is 0. The second kappa shape index (κ2) is 10.5. The van der Waals surface area contributed by atoms with Crippen LogP contribution in [0.2, 0.25) is 0 Å². The number of ether oxygens (including phenoxy) is 1. The van der Waals surface area contributed by atoms with Crippen molar-refractivity contribution in [1.82, 2.24) is 10.2 Å². The molecule has 3 unspecified atom stereocenters. The van der Waals surface area contributed by atoms with Crippen LogP contribution >= 0.6 is 0 Å². The number of fused-ring (bicyclic) bond motifs is 3. The van der Waals surface area contributed by atoms with Gasteiger partial charge in [-0.2, -0.15) is 0 Å². The Kier molecular flexibility index (Phi) is 7.43. The van der Waals surface area contributed by atoms with Gasteiger partial charge in [-0.3, -0.25) is 9.59 Å². The minimum atomic E-state index is -0.868. The molecule has 2 N–H and O–H groups in total. The quantitative estimate of drug-likeness (QED) is 0.611. The number of alkyl carbamates (subject to hydrolysis) is 1. The predicted molar refractivity (Wildman–Crippen MR) is 133 cm³/mol. The van der Waals surface area contributed by atoms with Crippen LogP contribution in [0.15, 0.2) is 48.5 Å². The molecule has 3 atom stereocenters. The van der Waals surface area contributed by atoms with Crippen LogP contribution in [0.5, 0.6) is 0 Å². The lowest BCUT2D eigenvalue weighted by Crippen LogP contribution is -2.49. The lowest BCUT2D eigenvalue weighted by atomic mass is 9.86. The number of carboxylic acid groups (broad SMARTS) is 1. The molecule has 0 radical (unpaired) electrons. The molecule has 186 valence electrons. The topological polar surface area (TPSA) is 95.9 Å². The molecular formula is C28H34N2O5. The van der Waals surface area contributed by atoms with Gasteiger partial charge in [-0.05, 0) is 40.5 Å². The average molecular weight is 479 g/mol. The van der Waals surface area contributed by atoms with Gasteiger partial charge in [-0.25, -0.2) is 4.79 Å². The Hall–Kier alpha value is -3.35. The van der Waals surface area contributed by atoms with Crippen molar-refractivity contribution in [2.24, 2.45) is 17.8 Å². The number of amides is 2. The van der Waals surface area contributed by atoms with Crippen LogP contribution in [0.4, 0.5) is 4.79 Å².